The molecule has 0 unspecified atom stereocenters. The monoisotopic (exact) mass is 283 g/mol. The highest BCUT2D eigenvalue weighted by atomic mass is 16.6. The lowest BCUT2D eigenvalue weighted by molar-refractivity contribution is 0.0635. The SMILES string of the molecule is CCCCOC(=O)n1cnc(NC(=O)OC(C)(C)C)c1. The van der Waals surface area contributed by atoms with Crippen LogP contribution in [0.25, 0.3) is 0 Å². The molecule has 0 saturated carbocycles. The van der Waals surface area contributed by atoms with E-state index in [1.165, 1.54) is 17.1 Å². The summed E-state index contributed by atoms with van der Waals surface area (Å²) in [5.74, 6) is 0.228. The van der Waals surface area contributed by atoms with Crippen LogP contribution in [0.3, 0.4) is 0 Å². The first-order valence-corrected chi connectivity index (χ1v) is 6.53. The lowest BCUT2D eigenvalue weighted by Crippen LogP contribution is -2.27. The average Bonchev–Trinajstić information content (AvgIpc) is 2.75. The number of imidazole rings is 1. The van der Waals surface area contributed by atoms with Crippen molar-refractivity contribution in [2.24, 2.45) is 0 Å². The fraction of sp³-hybridized carbons (Fsp3) is 0.615. The number of aromatic nitrogens is 2. The van der Waals surface area contributed by atoms with E-state index in [1.807, 2.05) is 6.92 Å². The number of nitrogens with one attached hydrogen (secondary N) is 1. The number of nitrogens with zero attached hydrogens (tertiary/aromatic N) is 2. The van der Waals surface area contributed by atoms with Gasteiger partial charge in [-0.25, -0.2) is 19.1 Å². The molecule has 0 aliphatic rings. The van der Waals surface area contributed by atoms with E-state index in [0.29, 0.717) is 6.61 Å². The summed E-state index contributed by atoms with van der Waals surface area (Å²) in [7, 11) is 0. The highest BCUT2D eigenvalue weighted by molar-refractivity contribution is 5.84. The van der Waals surface area contributed by atoms with Crippen LogP contribution in [0.5, 0.6) is 0 Å². The Hall–Kier alpha value is -2.05. The van der Waals surface area contributed by atoms with E-state index >= 15 is 0 Å². The van der Waals surface area contributed by atoms with Gasteiger partial charge in [0.1, 0.15) is 11.9 Å². The zero-order valence-corrected chi connectivity index (χ0v) is 12.3. The van der Waals surface area contributed by atoms with Crippen LogP contribution in [0.2, 0.25) is 0 Å². The molecule has 0 aromatic carbocycles. The predicted octanol–water partition coefficient (Wildman–Crippen LogP) is 3.01. The van der Waals surface area contributed by atoms with Crippen LogP contribution in [-0.2, 0) is 9.47 Å². The zero-order valence-electron chi connectivity index (χ0n) is 12.3. The molecule has 112 valence electrons. The van der Waals surface area contributed by atoms with Gasteiger partial charge in [-0.05, 0) is 27.2 Å². The molecule has 0 saturated heterocycles. The smallest absolute Gasteiger partial charge is 0.419 e. The molecule has 20 heavy (non-hydrogen) atoms. The van der Waals surface area contributed by atoms with Gasteiger partial charge < -0.3 is 9.47 Å². The number of carbonyl (C=O) groups excluding carboxylic acids is 2. The topological polar surface area (TPSA) is 82.5 Å². The third kappa shape index (κ3) is 5.73. The maximum absolute atomic E-state index is 11.6. The fourth-order valence-corrected chi connectivity index (χ4v) is 1.27. The van der Waals surface area contributed by atoms with Gasteiger partial charge in [0.2, 0.25) is 0 Å². The Morgan fingerprint density at radius 2 is 2.10 bits per heavy atom. The molecule has 0 spiro atoms. The highest BCUT2D eigenvalue weighted by Gasteiger charge is 2.17. The summed E-state index contributed by atoms with van der Waals surface area (Å²) in [6, 6.07) is 0. The van der Waals surface area contributed by atoms with E-state index in [0.717, 1.165) is 12.8 Å². The van der Waals surface area contributed by atoms with Crippen molar-refractivity contribution in [1.82, 2.24) is 9.55 Å². The van der Waals surface area contributed by atoms with Gasteiger partial charge >= 0.3 is 12.2 Å². The van der Waals surface area contributed by atoms with Gasteiger partial charge in [-0.1, -0.05) is 13.3 Å². The van der Waals surface area contributed by atoms with Gasteiger partial charge in [-0.3, -0.25) is 5.32 Å². The van der Waals surface area contributed by atoms with Crippen LogP contribution < -0.4 is 5.32 Å². The van der Waals surface area contributed by atoms with Gasteiger partial charge in [-0.2, -0.15) is 0 Å². The third-order valence-corrected chi connectivity index (χ3v) is 2.15. The Kier molecular flexibility index (Phi) is 5.54. The van der Waals surface area contributed by atoms with Gasteiger partial charge in [-0.15, -0.1) is 0 Å². The lowest BCUT2D eigenvalue weighted by Gasteiger charge is -2.18. The number of ether oxygens (including phenoxy) is 2. The van der Waals surface area contributed by atoms with E-state index in [2.05, 4.69) is 10.3 Å². The van der Waals surface area contributed by atoms with Crippen molar-refractivity contribution in [1.29, 1.82) is 0 Å². The summed E-state index contributed by atoms with van der Waals surface area (Å²) in [5, 5.41) is 2.44. The molecule has 7 heteroatoms. The summed E-state index contributed by atoms with van der Waals surface area (Å²) in [4.78, 5) is 27.0. The minimum atomic E-state index is -0.623. The summed E-state index contributed by atoms with van der Waals surface area (Å²) >= 11 is 0. The average molecular weight is 283 g/mol. The number of amides is 1. The largest absolute Gasteiger partial charge is 0.449 e. The molecule has 1 rings (SSSR count). The normalized spacial score (nSPS) is 11.0. The van der Waals surface area contributed by atoms with Gasteiger partial charge in [0.15, 0.2) is 5.82 Å². The van der Waals surface area contributed by atoms with Crippen molar-refractivity contribution in [3.63, 3.8) is 0 Å². The Bertz CT molecular complexity index is 462. The van der Waals surface area contributed by atoms with Crippen LogP contribution >= 0.6 is 0 Å². The second-order valence-corrected chi connectivity index (χ2v) is 5.26. The van der Waals surface area contributed by atoms with Crippen LogP contribution in [0.15, 0.2) is 12.5 Å². The number of hydrogen-bond donors (Lipinski definition) is 1. The van der Waals surface area contributed by atoms with Crippen molar-refractivity contribution >= 4 is 18.0 Å². The first-order chi connectivity index (χ1) is 9.31. The summed E-state index contributed by atoms with van der Waals surface area (Å²) in [5.41, 5.74) is -0.592. The number of carbonyl (C=O) groups is 2. The molecule has 7 nitrogen and oxygen atoms in total. The molecule has 1 N–H and O–H groups in total. The first-order valence-electron chi connectivity index (χ1n) is 6.53. The third-order valence-electron chi connectivity index (χ3n) is 2.15. The molecule has 1 amide bonds. The molecule has 0 bridgehead atoms. The Labute approximate surface area is 118 Å². The van der Waals surface area contributed by atoms with Crippen molar-refractivity contribution in [3.05, 3.63) is 12.5 Å². The molecule has 0 atom stereocenters. The number of rotatable bonds is 4. The van der Waals surface area contributed by atoms with Crippen molar-refractivity contribution in [3.8, 4) is 0 Å². The fourth-order valence-electron chi connectivity index (χ4n) is 1.27. The quantitative estimate of drug-likeness (QED) is 0.859. The molecule has 0 fully saturated rings. The molecule has 1 heterocycles. The first kappa shape index (κ1) is 16.0. The Balaban J connectivity index is 2.50. The zero-order chi connectivity index (χ0) is 15.2. The molecule has 0 aliphatic carbocycles. The van der Waals surface area contributed by atoms with Gasteiger partial charge in [0.25, 0.3) is 0 Å². The maximum atomic E-state index is 11.6. The number of anilines is 1. The molecule has 0 radical (unpaired) electrons. The molecular weight excluding hydrogens is 262 g/mol. The van der Waals surface area contributed by atoms with Gasteiger partial charge in [0, 0.05) is 0 Å². The van der Waals surface area contributed by atoms with Crippen LogP contribution in [-0.4, -0.2) is 33.9 Å². The molecule has 1 aromatic heterocycles. The van der Waals surface area contributed by atoms with Crippen molar-refractivity contribution in [2.45, 2.75) is 46.1 Å². The van der Waals surface area contributed by atoms with Crippen LogP contribution in [0.1, 0.15) is 40.5 Å². The number of unbranched alkanes of at least 4 members (excludes halogenated alkanes) is 1. The van der Waals surface area contributed by atoms with E-state index in [-0.39, 0.29) is 5.82 Å². The van der Waals surface area contributed by atoms with Crippen molar-refractivity contribution in [2.75, 3.05) is 11.9 Å². The Morgan fingerprint density at radius 3 is 2.70 bits per heavy atom. The summed E-state index contributed by atoms with van der Waals surface area (Å²) in [6.07, 6.45) is 3.26. The summed E-state index contributed by atoms with van der Waals surface area (Å²) < 4.78 is 11.3. The van der Waals surface area contributed by atoms with E-state index in [9.17, 15) is 9.59 Å². The standard InChI is InChI=1S/C13H21N3O4/c1-5-6-7-19-12(18)16-8-10(14-9-16)15-11(17)20-13(2,3)4/h8-9H,5-7H2,1-4H3,(H,15,17). The minimum absolute atomic E-state index is 0.228. The van der Waals surface area contributed by atoms with E-state index in [1.54, 1.807) is 20.8 Å². The molecule has 0 aliphatic heterocycles. The summed E-state index contributed by atoms with van der Waals surface area (Å²) in [6.45, 7) is 7.65. The second kappa shape index (κ2) is 6.93. The Morgan fingerprint density at radius 1 is 1.40 bits per heavy atom. The molecule has 1 aromatic rings. The highest BCUT2D eigenvalue weighted by Crippen LogP contribution is 2.10. The van der Waals surface area contributed by atoms with Gasteiger partial charge in [0.05, 0.1) is 12.8 Å². The van der Waals surface area contributed by atoms with Crippen molar-refractivity contribution < 1.29 is 19.1 Å². The number of hydrogen-bond acceptors (Lipinski definition) is 5. The van der Waals surface area contributed by atoms with Crippen LogP contribution in [0, 0.1) is 0 Å². The van der Waals surface area contributed by atoms with E-state index in [4.69, 9.17) is 9.47 Å². The maximum Gasteiger partial charge on any atom is 0.419 e. The van der Waals surface area contributed by atoms with E-state index < -0.39 is 17.8 Å². The predicted molar refractivity (Wildman–Crippen MR) is 73.7 cm³/mol. The lowest BCUT2D eigenvalue weighted by atomic mass is 10.2. The second-order valence-electron chi connectivity index (χ2n) is 5.26. The minimum Gasteiger partial charge on any atom is -0.449 e. The van der Waals surface area contributed by atoms with Crippen LogP contribution in [0.4, 0.5) is 15.4 Å². The molecular formula is C13H21N3O4.